The summed E-state index contributed by atoms with van der Waals surface area (Å²) in [4.78, 5) is 11.5. The third-order valence-corrected chi connectivity index (χ3v) is 5.57. The molecule has 3 aliphatic rings. The van der Waals surface area contributed by atoms with E-state index in [1.807, 2.05) is 12.3 Å². The van der Waals surface area contributed by atoms with Gasteiger partial charge in [0.05, 0.1) is 24.9 Å². The highest BCUT2D eigenvalue weighted by atomic mass is 16.5. The van der Waals surface area contributed by atoms with Crippen molar-refractivity contribution in [2.24, 2.45) is 0 Å². The van der Waals surface area contributed by atoms with Gasteiger partial charge in [-0.25, -0.2) is 4.98 Å². The van der Waals surface area contributed by atoms with Gasteiger partial charge in [-0.3, -0.25) is 0 Å². The number of anilines is 2. The number of ether oxygens (including phenoxy) is 2. The second kappa shape index (κ2) is 8.32. The maximum Gasteiger partial charge on any atom is 0.227 e. The van der Waals surface area contributed by atoms with Crippen LogP contribution in [0.2, 0.25) is 0 Å². The number of hydrogen-bond donors (Lipinski definition) is 1. The van der Waals surface area contributed by atoms with Crippen LogP contribution >= 0.6 is 0 Å². The average molecular weight is 346 g/mol. The lowest BCUT2D eigenvalue weighted by Crippen LogP contribution is -2.39. The van der Waals surface area contributed by atoms with E-state index in [2.05, 4.69) is 15.2 Å². The van der Waals surface area contributed by atoms with E-state index >= 15 is 0 Å². The molecule has 1 aliphatic carbocycles. The normalized spacial score (nSPS) is 26.1. The molecule has 0 bridgehead atoms. The second-order valence-corrected chi connectivity index (χ2v) is 7.53. The molecule has 2 saturated heterocycles. The van der Waals surface area contributed by atoms with Crippen molar-refractivity contribution in [1.29, 1.82) is 0 Å². The van der Waals surface area contributed by atoms with Gasteiger partial charge in [0, 0.05) is 25.9 Å². The largest absolute Gasteiger partial charge is 0.379 e. The van der Waals surface area contributed by atoms with Crippen LogP contribution in [0.5, 0.6) is 0 Å². The maximum atomic E-state index is 6.27. The molecule has 6 nitrogen and oxygen atoms in total. The van der Waals surface area contributed by atoms with Crippen LogP contribution < -0.4 is 10.2 Å². The fraction of sp³-hybridized carbons (Fsp3) is 0.789. The van der Waals surface area contributed by atoms with Crippen LogP contribution in [0.25, 0.3) is 0 Å². The third-order valence-electron chi connectivity index (χ3n) is 5.57. The van der Waals surface area contributed by atoms with E-state index in [0.29, 0.717) is 18.2 Å². The summed E-state index contributed by atoms with van der Waals surface area (Å²) in [6, 6.07) is 2.32. The Balaban J connectivity index is 1.29. The molecule has 1 saturated carbocycles. The predicted octanol–water partition coefficient (Wildman–Crippen LogP) is 3.00. The van der Waals surface area contributed by atoms with E-state index < -0.39 is 0 Å². The van der Waals surface area contributed by atoms with Crippen LogP contribution in [0.1, 0.15) is 51.4 Å². The summed E-state index contributed by atoms with van der Waals surface area (Å²) in [7, 11) is 0. The Morgan fingerprint density at radius 1 is 1.04 bits per heavy atom. The predicted molar refractivity (Wildman–Crippen MR) is 98.1 cm³/mol. The second-order valence-electron chi connectivity index (χ2n) is 7.53. The minimum atomic E-state index is 0.363. The van der Waals surface area contributed by atoms with E-state index in [-0.39, 0.29) is 0 Å². The van der Waals surface area contributed by atoms with Gasteiger partial charge < -0.3 is 19.7 Å². The summed E-state index contributed by atoms with van der Waals surface area (Å²) in [6.07, 6.45) is 12.4. The highest BCUT2D eigenvalue weighted by Gasteiger charge is 2.26. The highest BCUT2D eigenvalue weighted by molar-refractivity contribution is 5.42. The summed E-state index contributed by atoms with van der Waals surface area (Å²) in [5, 5.41) is 3.49. The first-order chi connectivity index (χ1) is 12.4. The van der Waals surface area contributed by atoms with Crippen LogP contribution in [0.4, 0.5) is 11.8 Å². The minimum Gasteiger partial charge on any atom is -0.379 e. The van der Waals surface area contributed by atoms with E-state index in [1.54, 1.807) is 0 Å². The van der Waals surface area contributed by atoms with E-state index in [4.69, 9.17) is 14.5 Å². The van der Waals surface area contributed by atoms with E-state index in [9.17, 15) is 0 Å². The summed E-state index contributed by atoms with van der Waals surface area (Å²) in [6.45, 7) is 3.61. The van der Waals surface area contributed by atoms with E-state index in [0.717, 1.165) is 63.8 Å². The van der Waals surface area contributed by atoms with Gasteiger partial charge in [-0.15, -0.1) is 0 Å². The summed E-state index contributed by atoms with van der Waals surface area (Å²) in [5.41, 5.74) is 0. The lowest BCUT2D eigenvalue weighted by molar-refractivity contribution is -0.0195. The van der Waals surface area contributed by atoms with Gasteiger partial charge >= 0.3 is 0 Å². The van der Waals surface area contributed by atoms with Crippen molar-refractivity contribution in [3.05, 3.63) is 12.3 Å². The summed E-state index contributed by atoms with van der Waals surface area (Å²) < 4.78 is 11.8. The number of aromatic nitrogens is 2. The van der Waals surface area contributed by atoms with Gasteiger partial charge in [-0.1, -0.05) is 12.8 Å². The van der Waals surface area contributed by atoms with Gasteiger partial charge in [-0.05, 0) is 44.6 Å². The molecular weight excluding hydrogens is 316 g/mol. The zero-order valence-corrected chi connectivity index (χ0v) is 15.0. The van der Waals surface area contributed by atoms with Gasteiger partial charge in [0.2, 0.25) is 5.95 Å². The number of piperidine rings is 1. The molecule has 0 aromatic carbocycles. The first-order valence-corrected chi connectivity index (χ1v) is 9.94. The van der Waals surface area contributed by atoms with Gasteiger partial charge in [0.1, 0.15) is 5.82 Å². The lowest BCUT2D eigenvalue weighted by atomic mass is 10.1. The van der Waals surface area contributed by atoms with Crippen molar-refractivity contribution >= 4 is 11.8 Å². The highest BCUT2D eigenvalue weighted by Crippen LogP contribution is 2.26. The molecule has 3 heterocycles. The van der Waals surface area contributed by atoms with Crippen LogP contribution in [0.15, 0.2) is 12.3 Å². The van der Waals surface area contributed by atoms with Crippen molar-refractivity contribution in [2.75, 3.05) is 36.5 Å². The molecule has 0 spiro atoms. The Morgan fingerprint density at radius 2 is 1.84 bits per heavy atom. The molecule has 1 N–H and O–H groups in total. The van der Waals surface area contributed by atoms with Crippen molar-refractivity contribution < 1.29 is 9.47 Å². The topological polar surface area (TPSA) is 59.5 Å². The fourth-order valence-corrected chi connectivity index (χ4v) is 4.13. The number of rotatable bonds is 5. The molecule has 1 unspecified atom stereocenters. The monoisotopic (exact) mass is 346 g/mol. The van der Waals surface area contributed by atoms with Crippen molar-refractivity contribution in [2.45, 2.75) is 69.6 Å². The Bertz CT molecular complexity index is 536. The summed E-state index contributed by atoms with van der Waals surface area (Å²) >= 11 is 0. The van der Waals surface area contributed by atoms with Gasteiger partial charge in [-0.2, -0.15) is 4.98 Å². The van der Waals surface area contributed by atoms with Crippen LogP contribution in [-0.2, 0) is 9.47 Å². The average Bonchev–Trinajstić information content (AvgIpc) is 3.16. The Morgan fingerprint density at radius 3 is 2.60 bits per heavy atom. The van der Waals surface area contributed by atoms with Crippen molar-refractivity contribution in [1.82, 2.24) is 9.97 Å². The molecule has 6 heteroatoms. The lowest BCUT2D eigenvalue weighted by Gasteiger charge is -2.33. The van der Waals surface area contributed by atoms with E-state index in [1.165, 1.54) is 25.7 Å². The first kappa shape index (κ1) is 17.0. The third kappa shape index (κ3) is 4.61. The van der Waals surface area contributed by atoms with Gasteiger partial charge in [0.15, 0.2) is 0 Å². The van der Waals surface area contributed by atoms with Crippen molar-refractivity contribution in [3.8, 4) is 0 Å². The first-order valence-electron chi connectivity index (χ1n) is 9.94. The number of nitrogens with one attached hydrogen (secondary N) is 1. The molecule has 138 valence electrons. The molecule has 1 aromatic rings. The number of nitrogens with zero attached hydrogens (tertiary/aromatic N) is 3. The molecule has 0 amide bonds. The summed E-state index contributed by atoms with van der Waals surface area (Å²) in [5.74, 6) is 1.74. The molecule has 1 atom stereocenters. The quantitative estimate of drug-likeness (QED) is 0.884. The van der Waals surface area contributed by atoms with Crippen LogP contribution in [-0.4, -0.2) is 54.5 Å². The SMILES string of the molecule is c1cc(NC2CCCOC2)nc(N2CCC(OC3CCCC3)CC2)n1. The standard InChI is InChI=1S/C19H30N4O2/c1-2-6-16(5-1)25-17-8-11-23(12-9-17)19-20-10-7-18(22-19)21-15-4-3-13-24-14-15/h7,10,15-17H,1-6,8-9,11-14H2,(H,20,21,22). The molecule has 0 radical (unpaired) electrons. The fourth-order valence-electron chi connectivity index (χ4n) is 4.13. The molecule has 1 aromatic heterocycles. The van der Waals surface area contributed by atoms with Crippen molar-refractivity contribution in [3.63, 3.8) is 0 Å². The Hall–Kier alpha value is -1.40. The molecule has 2 aliphatic heterocycles. The molecule has 25 heavy (non-hydrogen) atoms. The zero-order chi connectivity index (χ0) is 16.9. The number of hydrogen-bond acceptors (Lipinski definition) is 6. The van der Waals surface area contributed by atoms with Crippen LogP contribution in [0.3, 0.4) is 0 Å². The zero-order valence-electron chi connectivity index (χ0n) is 15.0. The smallest absolute Gasteiger partial charge is 0.227 e. The maximum absolute atomic E-state index is 6.27. The van der Waals surface area contributed by atoms with Crippen LogP contribution in [0, 0.1) is 0 Å². The molecule has 4 rings (SSSR count). The Labute approximate surface area is 150 Å². The van der Waals surface area contributed by atoms with Gasteiger partial charge in [0.25, 0.3) is 0 Å². The molecular formula is C19H30N4O2. The molecule has 3 fully saturated rings. The Kier molecular flexibility index (Phi) is 5.67. The minimum absolute atomic E-state index is 0.363.